The zero-order valence-corrected chi connectivity index (χ0v) is 11.1. The van der Waals surface area contributed by atoms with Crippen LogP contribution in [0.2, 0.25) is 0 Å². The molecular weight excluding hydrogens is 272 g/mol. The Labute approximate surface area is 116 Å². The standard InChI is InChI=1S/C12H14N4O.Fe/c1-3-7-17-12-10(13)5-4-6-11(12)16-8-14-9(2)15-16;/h3-6,8H,1,7,13H2,2H3;. The predicted molar refractivity (Wildman–Crippen MR) is 66.2 cm³/mol. The molecule has 0 fully saturated rings. The molecule has 0 atom stereocenters. The smallest absolute Gasteiger partial charge is 0.168 e. The van der Waals surface area contributed by atoms with E-state index < -0.39 is 0 Å². The van der Waals surface area contributed by atoms with Crippen molar-refractivity contribution < 1.29 is 21.8 Å². The number of aryl methyl sites for hydroxylation is 1. The minimum Gasteiger partial charge on any atom is -0.485 e. The summed E-state index contributed by atoms with van der Waals surface area (Å²) in [4.78, 5) is 4.08. The van der Waals surface area contributed by atoms with Crippen LogP contribution in [0.1, 0.15) is 5.82 Å². The molecule has 0 spiro atoms. The van der Waals surface area contributed by atoms with Gasteiger partial charge in [-0.15, -0.1) is 0 Å². The molecule has 1 aromatic carbocycles. The molecule has 1 heterocycles. The van der Waals surface area contributed by atoms with E-state index in [-0.39, 0.29) is 17.1 Å². The van der Waals surface area contributed by atoms with Gasteiger partial charge in [-0.3, -0.25) is 0 Å². The SMILES string of the molecule is C=CCOc1c(N)cccc1-n1cnc(C)n1.[Fe]. The van der Waals surface area contributed by atoms with Gasteiger partial charge in [-0.05, 0) is 19.1 Å². The van der Waals surface area contributed by atoms with Gasteiger partial charge >= 0.3 is 0 Å². The summed E-state index contributed by atoms with van der Waals surface area (Å²) >= 11 is 0. The largest absolute Gasteiger partial charge is 0.485 e. The minimum atomic E-state index is 0. The number of ether oxygens (including phenoxy) is 1. The molecule has 0 aliphatic heterocycles. The van der Waals surface area contributed by atoms with Crippen molar-refractivity contribution in [2.75, 3.05) is 12.3 Å². The van der Waals surface area contributed by atoms with Gasteiger partial charge in [0.05, 0.1) is 5.69 Å². The van der Waals surface area contributed by atoms with E-state index in [4.69, 9.17) is 10.5 Å². The Morgan fingerprint density at radius 2 is 2.28 bits per heavy atom. The summed E-state index contributed by atoms with van der Waals surface area (Å²) in [6.07, 6.45) is 3.30. The summed E-state index contributed by atoms with van der Waals surface area (Å²) in [5.74, 6) is 1.29. The normalized spacial score (nSPS) is 9.61. The maximum Gasteiger partial charge on any atom is 0.168 e. The van der Waals surface area contributed by atoms with Gasteiger partial charge in [0.2, 0.25) is 0 Å². The summed E-state index contributed by atoms with van der Waals surface area (Å²) < 4.78 is 7.19. The molecule has 0 amide bonds. The second kappa shape index (κ2) is 6.23. The Kier molecular flexibility index (Phi) is 4.95. The molecule has 18 heavy (non-hydrogen) atoms. The number of anilines is 1. The minimum absolute atomic E-state index is 0. The van der Waals surface area contributed by atoms with Crippen molar-refractivity contribution in [3.63, 3.8) is 0 Å². The van der Waals surface area contributed by atoms with Gasteiger partial charge in [-0.25, -0.2) is 9.67 Å². The number of benzene rings is 1. The van der Waals surface area contributed by atoms with Crippen molar-refractivity contribution in [3.05, 3.63) is 43.0 Å². The molecule has 0 aliphatic rings. The first kappa shape index (κ1) is 14.3. The third kappa shape index (κ3) is 2.91. The molecule has 1 aromatic heterocycles. The first-order chi connectivity index (χ1) is 8.22. The van der Waals surface area contributed by atoms with E-state index >= 15 is 0 Å². The molecule has 96 valence electrons. The van der Waals surface area contributed by atoms with Crippen LogP contribution >= 0.6 is 0 Å². The van der Waals surface area contributed by atoms with Crippen LogP contribution in [0.5, 0.6) is 5.75 Å². The quantitative estimate of drug-likeness (QED) is 0.528. The van der Waals surface area contributed by atoms with Crippen molar-refractivity contribution in [3.8, 4) is 11.4 Å². The summed E-state index contributed by atoms with van der Waals surface area (Å²) in [5, 5.41) is 4.23. The molecule has 2 aromatic rings. The molecule has 2 rings (SSSR count). The van der Waals surface area contributed by atoms with Crippen molar-refractivity contribution in [2.24, 2.45) is 0 Å². The average Bonchev–Trinajstić information content (AvgIpc) is 2.74. The second-order valence-corrected chi connectivity index (χ2v) is 3.53. The first-order valence-corrected chi connectivity index (χ1v) is 5.23. The van der Waals surface area contributed by atoms with Crippen LogP contribution in [0.25, 0.3) is 5.69 Å². The second-order valence-electron chi connectivity index (χ2n) is 3.53. The fourth-order valence-corrected chi connectivity index (χ4v) is 1.48. The predicted octanol–water partition coefficient (Wildman–Crippen LogP) is 1.72. The zero-order chi connectivity index (χ0) is 12.3. The maximum absolute atomic E-state index is 5.89. The van der Waals surface area contributed by atoms with Gasteiger partial charge in [0.25, 0.3) is 0 Å². The maximum atomic E-state index is 5.89. The fourth-order valence-electron chi connectivity index (χ4n) is 1.48. The van der Waals surface area contributed by atoms with Gasteiger partial charge < -0.3 is 10.5 Å². The number of nitrogen functional groups attached to an aromatic ring is 1. The molecule has 0 unspecified atom stereocenters. The Bertz CT molecular complexity index is 539. The summed E-state index contributed by atoms with van der Waals surface area (Å²) in [5.41, 5.74) is 7.22. The van der Waals surface area contributed by atoms with Gasteiger partial charge in [-0.2, -0.15) is 5.10 Å². The van der Waals surface area contributed by atoms with Gasteiger partial charge in [0.15, 0.2) is 5.75 Å². The summed E-state index contributed by atoms with van der Waals surface area (Å²) in [6.45, 7) is 5.84. The molecule has 0 saturated carbocycles. The van der Waals surface area contributed by atoms with Crippen molar-refractivity contribution in [2.45, 2.75) is 6.92 Å². The Morgan fingerprint density at radius 1 is 1.50 bits per heavy atom. The third-order valence-electron chi connectivity index (χ3n) is 2.22. The van der Waals surface area contributed by atoms with E-state index in [0.717, 1.165) is 5.69 Å². The fraction of sp³-hybridized carbons (Fsp3) is 0.167. The number of nitrogens with zero attached hydrogens (tertiary/aromatic N) is 3. The topological polar surface area (TPSA) is 66.0 Å². The Morgan fingerprint density at radius 3 is 2.89 bits per heavy atom. The molecule has 0 aliphatic carbocycles. The van der Waals surface area contributed by atoms with E-state index in [1.807, 2.05) is 19.1 Å². The van der Waals surface area contributed by atoms with E-state index in [9.17, 15) is 0 Å². The van der Waals surface area contributed by atoms with Crippen LogP contribution in [-0.2, 0) is 17.1 Å². The monoisotopic (exact) mass is 286 g/mol. The number of hydrogen-bond acceptors (Lipinski definition) is 4. The number of rotatable bonds is 4. The Balaban J connectivity index is 0.00000162. The van der Waals surface area contributed by atoms with Crippen LogP contribution in [0.15, 0.2) is 37.2 Å². The Hall–Kier alpha value is -1.78. The van der Waals surface area contributed by atoms with Crippen molar-refractivity contribution >= 4 is 5.69 Å². The molecular formula is C12H14FeN4O. The number of hydrogen-bond donors (Lipinski definition) is 1. The summed E-state index contributed by atoms with van der Waals surface area (Å²) in [7, 11) is 0. The van der Waals surface area contributed by atoms with E-state index in [1.54, 1.807) is 23.2 Å². The summed E-state index contributed by atoms with van der Waals surface area (Å²) in [6, 6.07) is 5.51. The third-order valence-corrected chi connectivity index (χ3v) is 2.22. The van der Waals surface area contributed by atoms with Crippen LogP contribution in [0.4, 0.5) is 5.69 Å². The number of nitrogens with two attached hydrogens (primary N) is 1. The van der Waals surface area contributed by atoms with Crippen LogP contribution in [0, 0.1) is 6.92 Å². The van der Waals surface area contributed by atoms with Crippen molar-refractivity contribution in [1.82, 2.24) is 14.8 Å². The molecule has 0 radical (unpaired) electrons. The molecule has 5 nitrogen and oxygen atoms in total. The molecule has 0 saturated heterocycles. The van der Waals surface area contributed by atoms with Gasteiger partial charge in [0, 0.05) is 17.1 Å². The zero-order valence-electron chi connectivity index (χ0n) is 9.98. The molecule has 6 heteroatoms. The van der Waals surface area contributed by atoms with E-state index in [2.05, 4.69) is 16.7 Å². The molecule has 2 N–H and O–H groups in total. The van der Waals surface area contributed by atoms with E-state index in [0.29, 0.717) is 23.9 Å². The van der Waals surface area contributed by atoms with Gasteiger partial charge in [0.1, 0.15) is 24.4 Å². The van der Waals surface area contributed by atoms with Crippen LogP contribution in [-0.4, -0.2) is 21.4 Å². The van der Waals surface area contributed by atoms with Crippen LogP contribution in [0.3, 0.4) is 0 Å². The van der Waals surface area contributed by atoms with E-state index in [1.165, 1.54) is 0 Å². The number of para-hydroxylation sites is 1. The number of aromatic nitrogens is 3. The first-order valence-electron chi connectivity index (χ1n) is 5.23. The van der Waals surface area contributed by atoms with Crippen molar-refractivity contribution in [1.29, 1.82) is 0 Å². The average molecular weight is 286 g/mol. The van der Waals surface area contributed by atoms with Gasteiger partial charge in [-0.1, -0.05) is 18.7 Å². The van der Waals surface area contributed by atoms with Crippen LogP contribution < -0.4 is 10.5 Å². The molecule has 0 bridgehead atoms.